The summed E-state index contributed by atoms with van der Waals surface area (Å²) in [6.45, 7) is 3.99. The number of amides is 2. The molecule has 1 saturated heterocycles. The van der Waals surface area contributed by atoms with Crippen molar-refractivity contribution in [3.05, 3.63) is 58.6 Å². The van der Waals surface area contributed by atoms with Crippen molar-refractivity contribution >= 4 is 52.5 Å². The number of nitrogens with zero attached hydrogens (tertiary/aromatic N) is 1. The van der Waals surface area contributed by atoms with Gasteiger partial charge in [0, 0.05) is 5.02 Å². The Bertz CT molecular complexity index is 1020. The molecule has 0 saturated carbocycles. The molecule has 1 fully saturated rings. The molecule has 8 heteroatoms. The standard InChI is InChI=1S/C22H21ClN2O4S/c1-4-13(2)29-18-10-5-14(12-19(18)28-3)11-17-20(26)24-22(30)25(21(17)27)16-8-6-15(23)7-9-16/h5-13H,4H2,1-3H3,(H,24,26,30)/b17-11+/t13-/m0/s1. The van der Waals surface area contributed by atoms with Gasteiger partial charge in [0.2, 0.25) is 0 Å². The molecular formula is C22H21ClN2O4S. The second-order valence-corrected chi connectivity index (χ2v) is 7.50. The van der Waals surface area contributed by atoms with Crippen LogP contribution in [0.4, 0.5) is 5.69 Å². The van der Waals surface area contributed by atoms with Gasteiger partial charge >= 0.3 is 0 Å². The maximum Gasteiger partial charge on any atom is 0.270 e. The Balaban J connectivity index is 1.95. The normalized spacial score (nSPS) is 16.5. The molecule has 1 aliphatic heterocycles. The van der Waals surface area contributed by atoms with Crippen LogP contribution in [0.5, 0.6) is 11.5 Å². The molecule has 0 radical (unpaired) electrons. The summed E-state index contributed by atoms with van der Waals surface area (Å²) in [6, 6.07) is 11.8. The van der Waals surface area contributed by atoms with Crippen molar-refractivity contribution in [2.45, 2.75) is 26.4 Å². The second-order valence-electron chi connectivity index (χ2n) is 6.68. The number of carbonyl (C=O) groups excluding carboxylic acids is 2. The molecule has 0 spiro atoms. The average molecular weight is 445 g/mol. The fourth-order valence-corrected chi connectivity index (χ4v) is 3.23. The van der Waals surface area contributed by atoms with E-state index in [0.717, 1.165) is 6.42 Å². The molecule has 1 heterocycles. The zero-order chi connectivity index (χ0) is 21.8. The lowest BCUT2D eigenvalue weighted by Gasteiger charge is -2.29. The average Bonchev–Trinajstić information content (AvgIpc) is 2.73. The SMILES string of the molecule is CC[C@H](C)Oc1ccc(/C=C2\C(=O)NC(=S)N(c3ccc(Cl)cc3)C2=O)cc1OC. The Morgan fingerprint density at radius 1 is 1.17 bits per heavy atom. The molecule has 2 amide bonds. The third kappa shape index (κ3) is 4.63. The van der Waals surface area contributed by atoms with Crippen molar-refractivity contribution in [3.8, 4) is 11.5 Å². The van der Waals surface area contributed by atoms with E-state index >= 15 is 0 Å². The van der Waals surface area contributed by atoms with E-state index in [9.17, 15) is 9.59 Å². The molecule has 1 N–H and O–H groups in total. The number of anilines is 1. The van der Waals surface area contributed by atoms with Gasteiger partial charge < -0.3 is 9.47 Å². The van der Waals surface area contributed by atoms with E-state index in [4.69, 9.17) is 33.3 Å². The summed E-state index contributed by atoms with van der Waals surface area (Å²) in [4.78, 5) is 26.8. The molecule has 3 rings (SSSR count). The van der Waals surface area contributed by atoms with Crippen molar-refractivity contribution in [3.63, 3.8) is 0 Å². The monoisotopic (exact) mass is 444 g/mol. The third-order valence-electron chi connectivity index (χ3n) is 4.59. The predicted molar refractivity (Wildman–Crippen MR) is 121 cm³/mol. The van der Waals surface area contributed by atoms with Crippen LogP contribution >= 0.6 is 23.8 Å². The first-order chi connectivity index (χ1) is 14.3. The molecule has 1 aliphatic rings. The number of rotatable bonds is 6. The molecule has 1 atom stereocenters. The van der Waals surface area contributed by atoms with E-state index < -0.39 is 11.8 Å². The summed E-state index contributed by atoms with van der Waals surface area (Å²) >= 11 is 11.1. The lowest BCUT2D eigenvalue weighted by molar-refractivity contribution is -0.122. The summed E-state index contributed by atoms with van der Waals surface area (Å²) in [5, 5.41) is 3.10. The van der Waals surface area contributed by atoms with E-state index in [2.05, 4.69) is 5.32 Å². The number of benzene rings is 2. The highest BCUT2D eigenvalue weighted by Gasteiger charge is 2.34. The van der Waals surface area contributed by atoms with Gasteiger partial charge in [-0.2, -0.15) is 0 Å². The van der Waals surface area contributed by atoms with E-state index in [0.29, 0.717) is 27.8 Å². The fraction of sp³-hybridized carbons (Fsp3) is 0.227. The van der Waals surface area contributed by atoms with Crippen molar-refractivity contribution < 1.29 is 19.1 Å². The van der Waals surface area contributed by atoms with Crippen molar-refractivity contribution in [2.24, 2.45) is 0 Å². The molecule has 2 aromatic carbocycles. The summed E-state index contributed by atoms with van der Waals surface area (Å²) < 4.78 is 11.3. The van der Waals surface area contributed by atoms with Gasteiger partial charge in [0.25, 0.3) is 11.8 Å². The molecule has 156 valence electrons. The summed E-state index contributed by atoms with van der Waals surface area (Å²) in [6.07, 6.45) is 2.38. The molecule has 0 bridgehead atoms. The van der Waals surface area contributed by atoms with Gasteiger partial charge in [-0.25, -0.2) is 0 Å². The molecule has 2 aromatic rings. The van der Waals surface area contributed by atoms with Crippen LogP contribution in [0.15, 0.2) is 48.0 Å². The van der Waals surface area contributed by atoms with E-state index in [1.165, 1.54) is 18.1 Å². The van der Waals surface area contributed by atoms with Gasteiger partial charge in [0.1, 0.15) is 5.57 Å². The minimum absolute atomic E-state index is 0.0133. The minimum Gasteiger partial charge on any atom is -0.493 e. The maximum absolute atomic E-state index is 13.1. The highest BCUT2D eigenvalue weighted by Crippen LogP contribution is 2.31. The number of hydrogen-bond acceptors (Lipinski definition) is 5. The first kappa shape index (κ1) is 21.8. The van der Waals surface area contributed by atoms with Crippen LogP contribution in [0.2, 0.25) is 5.02 Å². The largest absolute Gasteiger partial charge is 0.493 e. The third-order valence-corrected chi connectivity index (χ3v) is 5.12. The van der Waals surface area contributed by atoms with E-state index in [-0.39, 0.29) is 16.8 Å². The topological polar surface area (TPSA) is 67.9 Å². The van der Waals surface area contributed by atoms with Crippen LogP contribution < -0.4 is 19.7 Å². The number of thiocarbonyl (C=S) groups is 1. The number of ether oxygens (including phenoxy) is 2. The van der Waals surface area contributed by atoms with Crippen molar-refractivity contribution in [2.75, 3.05) is 12.0 Å². The quantitative estimate of drug-likeness (QED) is 0.407. The van der Waals surface area contributed by atoms with Gasteiger partial charge in [-0.05, 0) is 73.6 Å². The zero-order valence-electron chi connectivity index (χ0n) is 16.8. The Hall–Kier alpha value is -2.90. The number of methoxy groups -OCH3 is 1. The molecular weight excluding hydrogens is 424 g/mol. The van der Waals surface area contributed by atoms with Crippen molar-refractivity contribution in [1.82, 2.24) is 5.32 Å². The summed E-state index contributed by atoms with van der Waals surface area (Å²) in [7, 11) is 1.54. The summed E-state index contributed by atoms with van der Waals surface area (Å²) in [5.74, 6) is 0.0230. The lowest BCUT2D eigenvalue weighted by atomic mass is 10.1. The number of halogens is 1. The minimum atomic E-state index is -0.561. The van der Waals surface area contributed by atoms with Gasteiger partial charge in [-0.15, -0.1) is 0 Å². The number of carbonyl (C=O) groups is 2. The van der Waals surface area contributed by atoms with Crippen LogP contribution in [-0.2, 0) is 9.59 Å². The van der Waals surface area contributed by atoms with Crippen LogP contribution in [0, 0.1) is 0 Å². The second kappa shape index (κ2) is 9.28. The smallest absolute Gasteiger partial charge is 0.270 e. The Kier molecular flexibility index (Phi) is 6.74. The van der Waals surface area contributed by atoms with Crippen LogP contribution in [0.3, 0.4) is 0 Å². The van der Waals surface area contributed by atoms with Crippen molar-refractivity contribution in [1.29, 1.82) is 0 Å². The highest BCUT2D eigenvalue weighted by molar-refractivity contribution is 7.80. The van der Waals surface area contributed by atoms with E-state index in [1.807, 2.05) is 13.8 Å². The number of hydrogen-bond donors (Lipinski definition) is 1. The first-order valence-corrected chi connectivity index (χ1v) is 10.1. The lowest BCUT2D eigenvalue weighted by Crippen LogP contribution is -2.54. The first-order valence-electron chi connectivity index (χ1n) is 9.35. The predicted octanol–water partition coefficient (Wildman–Crippen LogP) is 4.36. The van der Waals surface area contributed by atoms with Crippen LogP contribution in [0.1, 0.15) is 25.8 Å². The number of nitrogens with one attached hydrogen (secondary N) is 1. The molecule has 6 nitrogen and oxygen atoms in total. The molecule has 0 unspecified atom stereocenters. The van der Waals surface area contributed by atoms with Crippen LogP contribution in [-0.4, -0.2) is 30.1 Å². The van der Waals surface area contributed by atoms with Gasteiger partial charge in [-0.3, -0.25) is 19.8 Å². The van der Waals surface area contributed by atoms with Gasteiger partial charge in [0.05, 0.1) is 18.9 Å². The van der Waals surface area contributed by atoms with Gasteiger partial charge in [-0.1, -0.05) is 24.6 Å². The molecule has 0 aromatic heterocycles. The fourth-order valence-electron chi connectivity index (χ4n) is 2.82. The zero-order valence-corrected chi connectivity index (χ0v) is 18.3. The van der Waals surface area contributed by atoms with Crippen LogP contribution in [0.25, 0.3) is 6.08 Å². The Labute approximate surface area is 185 Å². The molecule has 30 heavy (non-hydrogen) atoms. The molecule has 0 aliphatic carbocycles. The Morgan fingerprint density at radius 3 is 2.50 bits per heavy atom. The maximum atomic E-state index is 13.1. The summed E-state index contributed by atoms with van der Waals surface area (Å²) in [5.41, 5.74) is 1.08. The highest BCUT2D eigenvalue weighted by atomic mass is 35.5. The van der Waals surface area contributed by atoms with Gasteiger partial charge in [0.15, 0.2) is 16.6 Å². The Morgan fingerprint density at radius 2 is 1.87 bits per heavy atom. The van der Waals surface area contributed by atoms with E-state index in [1.54, 1.807) is 42.5 Å².